The van der Waals surface area contributed by atoms with Crippen LogP contribution in [0.3, 0.4) is 0 Å². The number of aromatic nitrogens is 1. The molecule has 1 amide bonds. The number of aryl methyl sites for hydroxylation is 1. The molecule has 0 saturated heterocycles. The molecule has 1 heterocycles. The number of nitrogen functional groups attached to an aromatic ring is 1. The van der Waals surface area contributed by atoms with E-state index in [-0.39, 0.29) is 12.0 Å². The molecule has 0 atom stereocenters. The first-order valence-corrected chi connectivity index (χ1v) is 6.86. The van der Waals surface area contributed by atoms with Gasteiger partial charge in [0.15, 0.2) is 0 Å². The first kappa shape index (κ1) is 15.0. The maximum absolute atomic E-state index is 11.8. The van der Waals surface area contributed by atoms with Crippen molar-refractivity contribution in [2.24, 2.45) is 7.05 Å². The van der Waals surface area contributed by atoms with Crippen LogP contribution in [0.25, 0.3) is 11.1 Å². The molecule has 112 valence electrons. The van der Waals surface area contributed by atoms with Gasteiger partial charge in [-0.05, 0) is 37.6 Å². The Labute approximate surface area is 124 Å². The first-order chi connectivity index (χ1) is 9.90. The number of amides is 1. The van der Waals surface area contributed by atoms with Crippen molar-refractivity contribution in [2.75, 3.05) is 12.8 Å². The lowest BCUT2D eigenvalue weighted by Crippen LogP contribution is -2.20. The molecule has 0 aliphatic heterocycles. The quantitative estimate of drug-likeness (QED) is 0.848. The average molecular weight is 287 g/mol. The molecule has 3 N–H and O–H groups in total. The minimum Gasteiger partial charge on any atom is -0.491 e. The van der Waals surface area contributed by atoms with E-state index in [0.717, 1.165) is 16.9 Å². The Hall–Kier alpha value is -2.43. The van der Waals surface area contributed by atoms with E-state index in [4.69, 9.17) is 10.5 Å². The van der Waals surface area contributed by atoms with E-state index < -0.39 is 0 Å². The van der Waals surface area contributed by atoms with Crippen molar-refractivity contribution >= 4 is 11.6 Å². The average Bonchev–Trinajstić information content (AvgIpc) is 2.78. The molecule has 1 aromatic carbocycles. The maximum atomic E-state index is 11.8. The van der Waals surface area contributed by atoms with Crippen LogP contribution in [0.2, 0.25) is 0 Å². The van der Waals surface area contributed by atoms with Crippen molar-refractivity contribution in [3.05, 3.63) is 36.2 Å². The van der Waals surface area contributed by atoms with Crippen LogP contribution in [0.1, 0.15) is 24.3 Å². The van der Waals surface area contributed by atoms with E-state index in [1.165, 1.54) is 0 Å². The number of nitrogens with zero attached hydrogens (tertiary/aromatic N) is 1. The summed E-state index contributed by atoms with van der Waals surface area (Å²) in [5.74, 6) is 0.608. The van der Waals surface area contributed by atoms with Gasteiger partial charge in [-0.1, -0.05) is 0 Å². The summed E-state index contributed by atoms with van der Waals surface area (Å²) in [7, 11) is 3.45. The molecule has 0 aliphatic carbocycles. The highest BCUT2D eigenvalue weighted by Gasteiger charge is 2.12. The third-order valence-corrected chi connectivity index (χ3v) is 3.10. The Morgan fingerprint density at radius 3 is 2.57 bits per heavy atom. The van der Waals surface area contributed by atoms with Crippen LogP contribution in [0.4, 0.5) is 5.69 Å². The molecule has 0 bridgehead atoms. The Morgan fingerprint density at radius 1 is 1.24 bits per heavy atom. The van der Waals surface area contributed by atoms with Gasteiger partial charge in [-0.3, -0.25) is 4.79 Å². The van der Waals surface area contributed by atoms with Crippen molar-refractivity contribution in [2.45, 2.75) is 20.0 Å². The lowest BCUT2D eigenvalue weighted by atomic mass is 10.1. The van der Waals surface area contributed by atoms with Gasteiger partial charge < -0.3 is 20.4 Å². The summed E-state index contributed by atoms with van der Waals surface area (Å²) in [6.45, 7) is 3.93. The Balaban J connectivity index is 2.42. The zero-order valence-electron chi connectivity index (χ0n) is 12.8. The molecule has 5 heteroatoms. The Morgan fingerprint density at radius 2 is 1.95 bits per heavy atom. The molecule has 2 rings (SSSR count). The Bertz CT molecular complexity index is 660. The van der Waals surface area contributed by atoms with E-state index in [1.807, 2.05) is 45.3 Å². The van der Waals surface area contributed by atoms with Crippen molar-refractivity contribution in [1.82, 2.24) is 9.88 Å². The van der Waals surface area contributed by atoms with Crippen LogP contribution in [0.5, 0.6) is 5.75 Å². The number of hydrogen-bond donors (Lipinski definition) is 2. The van der Waals surface area contributed by atoms with Crippen molar-refractivity contribution in [3.63, 3.8) is 0 Å². The number of anilines is 1. The third kappa shape index (κ3) is 3.37. The first-order valence-electron chi connectivity index (χ1n) is 6.86. The molecule has 21 heavy (non-hydrogen) atoms. The molecule has 0 unspecified atom stereocenters. The number of benzene rings is 1. The fraction of sp³-hybridized carbons (Fsp3) is 0.312. The lowest BCUT2D eigenvalue weighted by molar-refractivity contribution is 0.0955. The molecular weight excluding hydrogens is 266 g/mol. The number of hydrogen-bond acceptors (Lipinski definition) is 3. The topological polar surface area (TPSA) is 69.3 Å². The van der Waals surface area contributed by atoms with E-state index in [9.17, 15) is 4.79 Å². The molecule has 0 saturated carbocycles. The van der Waals surface area contributed by atoms with Crippen LogP contribution in [-0.2, 0) is 7.05 Å². The highest BCUT2D eigenvalue weighted by molar-refractivity contribution is 5.94. The van der Waals surface area contributed by atoms with Gasteiger partial charge in [-0.15, -0.1) is 0 Å². The summed E-state index contributed by atoms with van der Waals surface area (Å²) in [6.07, 6.45) is 1.98. The van der Waals surface area contributed by atoms with Gasteiger partial charge >= 0.3 is 0 Å². The summed E-state index contributed by atoms with van der Waals surface area (Å²) >= 11 is 0. The molecule has 5 nitrogen and oxygen atoms in total. The molecule has 0 radical (unpaired) electrons. The van der Waals surface area contributed by atoms with Gasteiger partial charge in [0.25, 0.3) is 5.91 Å². The zero-order chi connectivity index (χ0) is 15.6. The van der Waals surface area contributed by atoms with Gasteiger partial charge in [0.05, 0.1) is 6.10 Å². The van der Waals surface area contributed by atoms with E-state index in [2.05, 4.69) is 5.32 Å². The number of carbonyl (C=O) groups excluding carboxylic acids is 1. The maximum Gasteiger partial charge on any atom is 0.267 e. The Kier molecular flexibility index (Phi) is 4.21. The predicted octanol–water partition coefficient (Wildman–Crippen LogP) is 2.42. The van der Waals surface area contributed by atoms with E-state index in [1.54, 1.807) is 17.7 Å². The SMILES string of the molecule is CNC(=O)c1cc(-c2cc(N)cc(OC(C)C)c2)cn1C. The predicted molar refractivity (Wildman–Crippen MR) is 84.4 cm³/mol. The number of nitrogens with two attached hydrogens (primary N) is 1. The fourth-order valence-corrected chi connectivity index (χ4v) is 2.21. The fourth-order valence-electron chi connectivity index (χ4n) is 2.21. The minimum absolute atomic E-state index is 0.0804. The monoisotopic (exact) mass is 287 g/mol. The number of nitrogens with one attached hydrogen (secondary N) is 1. The van der Waals surface area contributed by atoms with Crippen molar-refractivity contribution in [1.29, 1.82) is 0 Å². The van der Waals surface area contributed by atoms with E-state index >= 15 is 0 Å². The zero-order valence-corrected chi connectivity index (χ0v) is 12.8. The second-order valence-electron chi connectivity index (χ2n) is 5.26. The third-order valence-electron chi connectivity index (χ3n) is 3.10. The number of carbonyl (C=O) groups is 1. The summed E-state index contributed by atoms with van der Waals surface area (Å²) in [5.41, 5.74) is 9.02. The molecule has 1 aromatic heterocycles. The highest BCUT2D eigenvalue weighted by atomic mass is 16.5. The lowest BCUT2D eigenvalue weighted by Gasteiger charge is -2.11. The summed E-state index contributed by atoms with van der Waals surface area (Å²) < 4.78 is 7.49. The van der Waals surface area contributed by atoms with Crippen molar-refractivity contribution in [3.8, 4) is 16.9 Å². The summed E-state index contributed by atoms with van der Waals surface area (Å²) in [4.78, 5) is 11.8. The standard InChI is InChI=1S/C16H21N3O2/c1-10(2)21-14-6-11(5-13(17)8-14)12-7-15(16(20)18-3)19(4)9-12/h5-10H,17H2,1-4H3,(H,18,20). The van der Waals surface area contributed by atoms with Crippen LogP contribution in [0.15, 0.2) is 30.5 Å². The van der Waals surface area contributed by atoms with Crippen LogP contribution < -0.4 is 15.8 Å². The highest BCUT2D eigenvalue weighted by Crippen LogP contribution is 2.29. The van der Waals surface area contributed by atoms with Gasteiger partial charge in [-0.2, -0.15) is 0 Å². The van der Waals surface area contributed by atoms with Crippen LogP contribution in [-0.4, -0.2) is 23.6 Å². The number of rotatable bonds is 4. The van der Waals surface area contributed by atoms with Gasteiger partial charge in [-0.25, -0.2) is 0 Å². The van der Waals surface area contributed by atoms with Gasteiger partial charge in [0, 0.05) is 37.6 Å². The largest absolute Gasteiger partial charge is 0.491 e. The van der Waals surface area contributed by atoms with Gasteiger partial charge in [0.2, 0.25) is 0 Å². The van der Waals surface area contributed by atoms with E-state index in [0.29, 0.717) is 11.4 Å². The minimum atomic E-state index is -0.119. The molecule has 2 aromatic rings. The normalized spacial score (nSPS) is 10.7. The van der Waals surface area contributed by atoms with Gasteiger partial charge in [0.1, 0.15) is 11.4 Å². The molecular formula is C16H21N3O2. The molecule has 0 fully saturated rings. The molecule has 0 aliphatic rings. The second kappa shape index (κ2) is 5.91. The summed E-state index contributed by atoms with van der Waals surface area (Å²) in [6, 6.07) is 7.44. The molecule has 0 spiro atoms. The summed E-state index contributed by atoms with van der Waals surface area (Å²) in [5, 5.41) is 2.63. The van der Waals surface area contributed by atoms with Crippen LogP contribution >= 0.6 is 0 Å². The second-order valence-corrected chi connectivity index (χ2v) is 5.26. The van der Waals surface area contributed by atoms with Crippen LogP contribution in [0, 0.1) is 0 Å². The number of ether oxygens (including phenoxy) is 1. The smallest absolute Gasteiger partial charge is 0.267 e. The van der Waals surface area contributed by atoms with Crippen molar-refractivity contribution < 1.29 is 9.53 Å².